The molecule has 3 heteroatoms. The van der Waals surface area contributed by atoms with Crippen LogP contribution in [-0.4, -0.2) is 15.0 Å². The highest BCUT2D eigenvalue weighted by atomic mass is 15.5. The van der Waals surface area contributed by atoms with Gasteiger partial charge in [0.25, 0.3) is 0 Å². The first-order valence-electron chi connectivity index (χ1n) is 6.69. The first-order chi connectivity index (χ1) is 9.61. The summed E-state index contributed by atoms with van der Waals surface area (Å²) in [4.78, 5) is 1.71. The quantitative estimate of drug-likeness (QED) is 0.672. The van der Waals surface area contributed by atoms with Crippen molar-refractivity contribution in [3.63, 3.8) is 0 Å². The van der Waals surface area contributed by atoms with E-state index >= 15 is 0 Å². The van der Waals surface area contributed by atoms with E-state index < -0.39 is 0 Å². The van der Waals surface area contributed by atoms with Crippen molar-refractivity contribution in [2.75, 3.05) is 0 Å². The first-order valence-corrected chi connectivity index (χ1v) is 6.69. The summed E-state index contributed by atoms with van der Waals surface area (Å²) in [7, 11) is 0. The lowest BCUT2D eigenvalue weighted by atomic mass is 10.0. The smallest absolute Gasteiger partial charge is 0.113 e. The summed E-state index contributed by atoms with van der Waals surface area (Å²) in [5.41, 5.74) is 6.43. The predicted molar refractivity (Wildman–Crippen MR) is 82.1 cm³/mol. The fraction of sp³-hybridized carbons (Fsp3) is 0.176. The third-order valence-electron chi connectivity index (χ3n) is 3.15. The van der Waals surface area contributed by atoms with Gasteiger partial charge in [0, 0.05) is 0 Å². The molecule has 100 valence electrons. The maximum Gasteiger partial charge on any atom is 0.113 e. The molecule has 0 saturated carbocycles. The molecule has 1 aromatic heterocycles. The molecular formula is C17H17N3. The van der Waals surface area contributed by atoms with Gasteiger partial charge in [-0.3, -0.25) is 0 Å². The fourth-order valence-electron chi connectivity index (χ4n) is 2.38. The van der Waals surface area contributed by atoms with Gasteiger partial charge in [0.05, 0.1) is 5.69 Å². The van der Waals surface area contributed by atoms with Gasteiger partial charge >= 0.3 is 0 Å². The molecule has 0 saturated heterocycles. The van der Waals surface area contributed by atoms with E-state index in [0.717, 1.165) is 28.7 Å². The molecule has 3 rings (SSSR count). The predicted octanol–water partition coefficient (Wildman–Crippen LogP) is 3.85. The second-order valence-electron chi connectivity index (χ2n) is 5.29. The number of rotatable bonds is 3. The second kappa shape index (κ2) is 4.93. The number of aromatic nitrogens is 3. The minimum atomic E-state index is 0.884. The maximum absolute atomic E-state index is 4.53. The van der Waals surface area contributed by atoms with Crippen molar-refractivity contribution in [3.05, 3.63) is 65.7 Å². The highest BCUT2D eigenvalue weighted by molar-refractivity contribution is 5.73. The zero-order chi connectivity index (χ0) is 14.1. The number of benzene rings is 2. The molecule has 0 N–H and O–H groups in total. The minimum Gasteiger partial charge on any atom is -0.150 e. The molecule has 20 heavy (non-hydrogen) atoms. The van der Waals surface area contributed by atoms with E-state index in [1.54, 1.807) is 4.80 Å². The second-order valence-corrected chi connectivity index (χ2v) is 5.29. The summed E-state index contributed by atoms with van der Waals surface area (Å²) in [5, 5.41) is 9.05. The van der Waals surface area contributed by atoms with Crippen molar-refractivity contribution in [2.24, 2.45) is 0 Å². The molecule has 0 aliphatic heterocycles. The van der Waals surface area contributed by atoms with Gasteiger partial charge in [-0.05, 0) is 55.7 Å². The normalized spacial score (nSPS) is 10.9. The van der Waals surface area contributed by atoms with Crippen LogP contribution in [0.1, 0.15) is 18.1 Å². The van der Waals surface area contributed by atoms with E-state index in [9.17, 15) is 0 Å². The highest BCUT2D eigenvalue weighted by Crippen LogP contribution is 2.17. The van der Waals surface area contributed by atoms with Crippen LogP contribution in [-0.2, 0) is 6.42 Å². The molecule has 0 radical (unpaired) electrons. The van der Waals surface area contributed by atoms with Crippen LogP contribution in [0.5, 0.6) is 0 Å². The molecule has 3 aromatic rings. The largest absolute Gasteiger partial charge is 0.150 e. The summed E-state index contributed by atoms with van der Waals surface area (Å²) in [6, 6.07) is 14.3. The number of hydrogen-bond acceptors (Lipinski definition) is 2. The molecular weight excluding hydrogens is 246 g/mol. The van der Waals surface area contributed by atoms with Crippen molar-refractivity contribution < 1.29 is 0 Å². The van der Waals surface area contributed by atoms with Gasteiger partial charge in [0.2, 0.25) is 0 Å². The van der Waals surface area contributed by atoms with Crippen molar-refractivity contribution in [1.29, 1.82) is 0 Å². The number of nitrogens with zero attached hydrogens (tertiary/aromatic N) is 3. The summed E-state index contributed by atoms with van der Waals surface area (Å²) in [6.07, 6.45) is 0.884. The van der Waals surface area contributed by atoms with E-state index in [0.29, 0.717) is 0 Å². The Balaban J connectivity index is 2.08. The summed E-state index contributed by atoms with van der Waals surface area (Å²) in [6.45, 7) is 8.12. The van der Waals surface area contributed by atoms with Gasteiger partial charge in [0.1, 0.15) is 11.0 Å². The molecule has 0 fully saturated rings. The third kappa shape index (κ3) is 2.48. The van der Waals surface area contributed by atoms with Crippen molar-refractivity contribution in [2.45, 2.75) is 20.3 Å². The van der Waals surface area contributed by atoms with Gasteiger partial charge in [-0.25, -0.2) is 0 Å². The lowest BCUT2D eigenvalue weighted by Gasteiger charge is -2.06. The van der Waals surface area contributed by atoms with E-state index in [2.05, 4.69) is 41.9 Å². The van der Waals surface area contributed by atoms with E-state index in [1.165, 1.54) is 11.1 Å². The molecule has 2 aromatic carbocycles. The molecule has 3 nitrogen and oxygen atoms in total. The fourth-order valence-corrected chi connectivity index (χ4v) is 2.38. The van der Waals surface area contributed by atoms with Crippen LogP contribution in [0.25, 0.3) is 16.7 Å². The lowest BCUT2D eigenvalue weighted by molar-refractivity contribution is 0.763. The number of fused-ring (bicyclic) bond motifs is 1. The minimum absolute atomic E-state index is 0.884. The van der Waals surface area contributed by atoms with Crippen LogP contribution in [0.2, 0.25) is 0 Å². The van der Waals surface area contributed by atoms with Crippen LogP contribution < -0.4 is 0 Å². The van der Waals surface area contributed by atoms with E-state index in [-0.39, 0.29) is 0 Å². The highest BCUT2D eigenvalue weighted by Gasteiger charge is 2.06. The van der Waals surface area contributed by atoms with Crippen LogP contribution >= 0.6 is 0 Å². The number of allylic oxidation sites excluding steroid dienone is 1. The Morgan fingerprint density at radius 2 is 1.75 bits per heavy atom. The zero-order valence-electron chi connectivity index (χ0n) is 11.8. The van der Waals surface area contributed by atoms with Crippen LogP contribution in [0.3, 0.4) is 0 Å². The third-order valence-corrected chi connectivity index (χ3v) is 3.15. The first kappa shape index (κ1) is 12.6. The molecule has 0 atom stereocenters. The van der Waals surface area contributed by atoms with Gasteiger partial charge in [-0.2, -0.15) is 4.80 Å². The summed E-state index contributed by atoms with van der Waals surface area (Å²) >= 11 is 0. The average Bonchev–Trinajstić information content (AvgIpc) is 2.80. The van der Waals surface area contributed by atoms with Crippen LogP contribution in [0.4, 0.5) is 0 Å². The van der Waals surface area contributed by atoms with Crippen molar-refractivity contribution >= 4 is 11.0 Å². The topological polar surface area (TPSA) is 30.7 Å². The lowest BCUT2D eigenvalue weighted by Crippen LogP contribution is -2.00. The maximum atomic E-state index is 4.53. The van der Waals surface area contributed by atoms with Gasteiger partial charge in [-0.15, -0.1) is 10.2 Å². The van der Waals surface area contributed by atoms with E-state index in [4.69, 9.17) is 0 Å². The summed E-state index contributed by atoms with van der Waals surface area (Å²) < 4.78 is 0. The molecule has 0 spiro atoms. The summed E-state index contributed by atoms with van der Waals surface area (Å²) in [5.74, 6) is 0. The van der Waals surface area contributed by atoms with Gasteiger partial charge in [0.15, 0.2) is 0 Å². The van der Waals surface area contributed by atoms with Crippen LogP contribution in [0.15, 0.2) is 54.6 Å². The SMILES string of the molecule is C=C(C)Cc1cc(C)cc(-n2nc3ccccc3n2)c1. The Labute approximate surface area is 118 Å². The molecule has 0 unspecified atom stereocenters. The van der Waals surface area contributed by atoms with Gasteiger partial charge < -0.3 is 0 Å². The number of aryl methyl sites for hydroxylation is 1. The zero-order valence-corrected chi connectivity index (χ0v) is 11.8. The molecule has 0 bridgehead atoms. The Kier molecular flexibility index (Phi) is 3.11. The molecule has 0 amide bonds. The Morgan fingerprint density at radius 3 is 2.35 bits per heavy atom. The van der Waals surface area contributed by atoms with Crippen LogP contribution in [0, 0.1) is 6.92 Å². The molecule has 1 heterocycles. The monoisotopic (exact) mass is 263 g/mol. The standard InChI is InChI=1S/C17H17N3/c1-12(2)8-14-9-13(3)10-15(11-14)20-18-16-6-4-5-7-17(16)19-20/h4-7,9-11H,1,8H2,2-3H3. The van der Waals surface area contributed by atoms with Crippen molar-refractivity contribution in [3.8, 4) is 5.69 Å². The molecule has 0 aliphatic rings. The molecule has 0 aliphatic carbocycles. The Morgan fingerprint density at radius 1 is 1.10 bits per heavy atom. The van der Waals surface area contributed by atoms with Gasteiger partial charge in [-0.1, -0.05) is 30.4 Å². The van der Waals surface area contributed by atoms with E-state index in [1.807, 2.05) is 31.2 Å². The Hall–Kier alpha value is -2.42. The average molecular weight is 263 g/mol. The Bertz CT molecular complexity index is 751. The number of hydrogen-bond donors (Lipinski definition) is 0. The van der Waals surface area contributed by atoms with Crippen molar-refractivity contribution in [1.82, 2.24) is 15.0 Å².